The zero-order chi connectivity index (χ0) is 23.6. The van der Waals surface area contributed by atoms with Crippen molar-refractivity contribution in [3.8, 4) is 5.75 Å². The first-order valence-electron chi connectivity index (χ1n) is 11.9. The van der Waals surface area contributed by atoms with Crippen molar-refractivity contribution >= 4 is 0 Å². The Hall–Kier alpha value is -1.62. The number of halogens is 2. The van der Waals surface area contributed by atoms with Gasteiger partial charge in [0.1, 0.15) is 37.4 Å². The van der Waals surface area contributed by atoms with Crippen molar-refractivity contribution < 1.29 is 31.1 Å². The number of ether oxygens (including phenoxy) is 1. The van der Waals surface area contributed by atoms with Crippen LogP contribution in [0.1, 0.15) is 71.1 Å². The number of hydrogen-bond donors (Lipinski definition) is 1. The lowest BCUT2D eigenvalue weighted by Gasteiger charge is -2.36. The molecule has 3 rings (SSSR count). The zero-order valence-electron chi connectivity index (χ0n) is 21.1. The number of quaternary nitrogens is 1. The predicted molar refractivity (Wildman–Crippen MR) is 130 cm³/mol. The molecule has 1 fully saturated rings. The Bertz CT molecular complexity index is 894. The summed E-state index contributed by atoms with van der Waals surface area (Å²) in [6.45, 7) is 17.1. The lowest BCUT2D eigenvalue weighted by atomic mass is 9.80. The minimum atomic E-state index is -0.552. The molecule has 2 aromatic carbocycles. The van der Waals surface area contributed by atoms with Crippen LogP contribution in [0.2, 0.25) is 0 Å². The molecule has 1 aliphatic rings. The van der Waals surface area contributed by atoms with Crippen molar-refractivity contribution in [1.82, 2.24) is 0 Å². The average Bonchev–Trinajstić information content (AvgIpc) is 3.14. The van der Waals surface area contributed by atoms with E-state index in [0.717, 1.165) is 48.3 Å². The molecular formula is C28H41ClFNO2. The van der Waals surface area contributed by atoms with Gasteiger partial charge >= 0.3 is 0 Å². The van der Waals surface area contributed by atoms with Gasteiger partial charge in [-0.3, -0.25) is 0 Å². The molecule has 3 nitrogen and oxygen atoms in total. The summed E-state index contributed by atoms with van der Waals surface area (Å²) in [6.07, 6.45) is 1.78. The Morgan fingerprint density at radius 2 is 1.55 bits per heavy atom. The molecule has 5 heteroatoms. The van der Waals surface area contributed by atoms with Crippen molar-refractivity contribution in [1.29, 1.82) is 0 Å². The van der Waals surface area contributed by atoms with Gasteiger partial charge in [-0.2, -0.15) is 0 Å². The maximum Gasteiger partial charge on any atom is 0.137 e. The van der Waals surface area contributed by atoms with E-state index in [2.05, 4.69) is 59.7 Å². The maximum atomic E-state index is 13.3. The number of likely N-dealkylation sites (tertiary alicyclic amines) is 1. The van der Waals surface area contributed by atoms with Crippen molar-refractivity contribution in [3.63, 3.8) is 0 Å². The van der Waals surface area contributed by atoms with Crippen LogP contribution in [0.25, 0.3) is 0 Å². The number of benzene rings is 2. The normalized spacial score (nSPS) is 16.8. The summed E-state index contributed by atoms with van der Waals surface area (Å²) >= 11 is 0. The second kappa shape index (κ2) is 10.8. The molecule has 1 saturated heterocycles. The summed E-state index contributed by atoms with van der Waals surface area (Å²) in [5.41, 5.74) is 3.61. The first kappa shape index (κ1) is 27.6. The quantitative estimate of drug-likeness (QED) is 0.621. The smallest absolute Gasteiger partial charge is 0.137 e. The average molecular weight is 478 g/mol. The highest BCUT2D eigenvalue weighted by Gasteiger charge is 2.35. The Morgan fingerprint density at radius 3 is 2.09 bits per heavy atom. The summed E-state index contributed by atoms with van der Waals surface area (Å²) < 4.78 is 20.4. The van der Waals surface area contributed by atoms with Gasteiger partial charge in [-0.25, -0.2) is 4.39 Å². The number of aliphatic hydroxyl groups excluding tert-OH is 1. The second-order valence-corrected chi connectivity index (χ2v) is 11.6. The number of aliphatic hydroxyl groups is 1. The van der Waals surface area contributed by atoms with Crippen LogP contribution in [-0.4, -0.2) is 41.9 Å². The molecule has 0 bridgehead atoms. The van der Waals surface area contributed by atoms with Gasteiger partial charge in [-0.05, 0) is 40.2 Å². The van der Waals surface area contributed by atoms with E-state index in [-0.39, 0.29) is 35.7 Å². The molecule has 0 saturated carbocycles. The minimum absolute atomic E-state index is 0. The van der Waals surface area contributed by atoms with Crippen LogP contribution >= 0.6 is 0 Å². The lowest BCUT2D eigenvalue weighted by molar-refractivity contribution is -0.932. The predicted octanol–water partition coefficient (Wildman–Crippen LogP) is 2.98. The van der Waals surface area contributed by atoms with E-state index in [0.29, 0.717) is 6.54 Å². The largest absolute Gasteiger partial charge is 1.00 e. The molecule has 184 valence electrons. The molecular weight excluding hydrogens is 437 g/mol. The molecule has 0 radical (unpaired) electrons. The number of hydrogen-bond acceptors (Lipinski definition) is 2. The topological polar surface area (TPSA) is 29.5 Å². The highest BCUT2D eigenvalue weighted by Crippen LogP contribution is 2.35. The van der Waals surface area contributed by atoms with Crippen molar-refractivity contribution in [3.05, 3.63) is 65.0 Å². The third-order valence-corrected chi connectivity index (χ3v) is 6.63. The van der Waals surface area contributed by atoms with Crippen LogP contribution in [0, 0.1) is 5.82 Å². The molecule has 1 unspecified atom stereocenters. The standard InChI is InChI=1S/C28H41FNO2.ClH/c1-27(2,3)22-11-14-26(25(17-22)28(4,5)6)32-20-24(31)19-30(15-7-8-16-30)18-21-9-12-23(29)13-10-21;/h9-14,17,24,31H,7-8,15-16,18-20H2,1-6H3;1H/q+1;/p-1. The van der Waals surface area contributed by atoms with Gasteiger partial charge in [0.25, 0.3) is 0 Å². The van der Waals surface area contributed by atoms with Crippen molar-refractivity contribution in [2.45, 2.75) is 77.9 Å². The van der Waals surface area contributed by atoms with Crippen LogP contribution in [0.3, 0.4) is 0 Å². The lowest BCUT2D eigenvalue weighted by Crippen LogP contribution is -3.00. The Morgan fingerprint density at radius 1 is 0.939 bits per heavy atom. The van der Waals surface area contributed by atoms with Crippen LogP contribution in [0.4, 0.5) is 4.39 Å². The van der Waals surface area contributed by atoms with E-state index in [1.165, 1.54) is 23.3 Å². The Labute approximate surface area is 206 Å². The van der Waals surface area contributed by atoms with Crippen molar-refractivity contribution in [2.75, 3.05) is 26.2 Å². The molecule has 0 aromatic heterocycles. The van der Waals surface area contributed by atoms with Crippen LogP contribution in [0.5, 0.6) is 5.75 Å². The van der Waals surface area contributed by atoms with Gasteiger partial charge in [0, 0.05) is 18.4 Å². The van der Waals surface area contributed by atoms with E-state index in [1.807, 2.05) is 12.1 Å². The third kappa shape index (κ3) is 7.43. The molecule has 1 heterocycles. The van der Waals surface area contributed by atoms with E-state index in [4.69, 9.17) is 4.74 Å². The molecule has 2 aromatic rings. The molecule has 1 atom stereocenters. The molecule has 33 heavy (non-hydrogen) atoms. The van der Waals surface area contributed by atoms with Gasteiger partial charge in [0.15, 0.2) is 0 Å². The molecule has 0 amide bonds. The monoisotopic (exact) mass is 477 g/mol. The summed E-state index contributed by atoms with van der Waals surface area (Å²) in [4.78, 5) is 0. The van der Waals surface area contributed by atoms with Crippen LogP contribution in [-0.2, 0) is 17.4 Å². The van der Waals surface area contributed by atoms with E-state index >= 15 is 0 Å². The molecule has 1 N–H and O–H groups in total. The van der Waals surface area contributed by atoms with Gasteiger partial charge in [-0.15, -0.1) is 0 Å². The van der Waals surface area contributed by atoms with E-state index < -0.39 is 6.10 Å². The van der Waals surface area contributed by atoms with E-state index in [9.17, 15) is 9.50 Å². The maximum absolute atomic E-state index is 13.3. The number of rotatable bonds is 7. The first-order chi connectivity index (χ1) is 14.9. The third-order valence-electron chi connectivity index (χ3n) is 6.63. The summed E-state index contributed by atoms with van der Waals surface area (Å²) in [6, 6.07) is 13.2. The molecule has 0 spiro atoms. The minimum Gasteiger partial charge on any atom is -1.00 e. The summed E-state index contributed by atoms with van der Waals surface area (Å²) in [5, 5.41) is 10.9. The molecule has 1 aliphatic heterocycles. The Balaban J connectivity index is 0.00000385. The first-order valence-corrected chi connectivity index (χ1v) is 11.9. The number of nitrogens with zero attached hydrogens (tertiary/aromatic N) is 1. The SMILES string of the molecule is CC(C)(C)c1ccc(OCC(O)C[N+]2(Cc3ccc(F)cc3)CCCC2)c(C(C)(C)C)c1.[Cl-]. The van der Waals surface area contributed by atoms with Gasteiger partial charge < -0.3 is 26.7 Å². The summed E-state index contributed by atoms with van der Waals surface area (Å²) in [5.74, 6) is 0.651. The van der Waals surface area contributed by atoms with Crippen molar-refractivity contribution in [2.24, 2.45) is 0 Å². The fraction of sp³-hybridized carbons (Fsp3) is 0.571. The van der Waals surface area contributed by atoms with Crippen LogP contribution in [0.15, 0.2) is 42.5 Å². The second-order valence-electron chi connectivity index (χ2n) is 11.6. The fourth-order valence-corrected chi connectivity index (χ4v) is 4.78. The van der Waals surface area contributed by atoms with E-state index in [1.54, 1.807) is 0 Å². The van der Waals surface area contributed by atoms with Gasteiger partial charge in [0.2, 0.25) is 0 Å². The highest BCUT2D eigenvalue weighted by molar-refractivity contribution is 5.43. The van der Waals surface area contributed by atoms with Gasteiger partial charge in [0.05, 0.1) is 13.1 Å². The fourth-order valence-electron chi connectivity index (χ4n) is 4.78. The zero-order valence-corrected chi connectivity index (χ0v) is 21.9. The van der Waals surface area contributed by atoms with Gasteiger partial charge in [-0.1, -0.05) is 65.8 Å². The summed E-state index contributed by atoms with van der Waals surface area (Å²) in [7, 11) is 0. The van der Waals surface area contributed by atoms with Crippen LogP contribution < -0.4 is 17.1 Å². The highest BCUT2D eigenvalue weighted by atomic mass is 35.5. The molecule has 0 aliphatic carbocycles. The Kier molecular flexibility index (Phi) is 9.00.